The van der Waals surface area contributed by atoms with Crippen molar-refractivity contribution in [2.45, 2.75) is 26.2 Å². The van der Waals surface area contributed by atoms with E-state index in [0.717, 1.165) is 11.4 Å². The summed E-state index contributed by atoms with van der Waals surface area (Å²) in [7, 11) is 1.89. The Hall–Kier alpha value is -1.64. The molecule has 0 spiro atoms. The van der Waals surface area contributed by atoms with E-state index in [1.165, 1.54) is 5.56 Å². The zero-order valence-corrected chi connectivity index (χ0v) is 10.2. The van der Waals surface area contributed by atoms with Gasteiger partial charge in [-0.1, -0.05) is 45.0 Å². The van der Waals surface area contributed by atoms with Crippen molar-refractivity contribution in [2.24, 2.45) is 7.05 Å². The van der Waals surface area contributed by atoms with Crippen LogP contribution in [-0.4, -0.2) is 14.8 Å². The number of aromatic nitrogens is 3. The Balaban J connectivity index is 2.57. The molecule has 16 heavy (non-hydrogen) atoms. The van der Waals surface area contributed by atoms with Crippen molar-refractivity contribution in [3.63, 3.8) is 0 Å². The molecule has 0 atom stereocenters. The molecule has 0 N–H and O–H groups in total. The summed E-state index contributed by atoms with van der Waals surface area (Å²) >= 11 is 0. The first-order valence-electron chi connectivity index (χ1n) is 5.44. The molecule has 0 aliphatic carbocycles. The molecule has 0 amide bonds. The zero-order valence-electron chi connectivity index (χ0n) is 10.2. The van der Waals surface area contributed by atoms with Gasteiger partial charge < -0.3 is 0 Å². The van der Waals surface area contributed by atoms with Gasteiger partial charge in [-0.25, -0.2) is 4.98 Å². The smallest absolute Gasteiger partial charge is 0.181 e. The van der Waals surface area contributed by atoms with Crippen LogP contribution in [0.5, 0.6) is 0 Å². The molecule has 84 valence electrons. The Morgan fingerprint density at radius 2 is 1.81 bits per heavy atom. The molecule has 2 rings (SSSR count). The molecular formula is C13H17N3. The van der Waals surface area contributed by atoms with Gasteiger partial charge in [0.15, 0.2) is 5.82 Å². The van der Waals surface area contributed by atoms with Crippen LogP contribution < -0.4 is 0 Å². The Morgan fingerprint density at radius 3 is 2.38 bits per heavy atom. The lowest BCUT2D eigenvalue weighted by Crippen LogP contribution is -2.12. The maximum atomic E-state index is 4.36. The van der Waals surface area contributed by atoms with E-state index in [1.807, 2.05) is 13.1 Å². The number of benzene rings is 1. The normalized spacial score (nSPS) is 11.8. The van der Waals surface area contributed by atoms with E-state index in [9.17, 15) is 0 Å². The van der Waals surface area contributed by atoms with Gasteiger partial charge >= 0.3 is 0 Å². The molecule has 1 heterocycles. The topological polar surface area (TPSA) is 30.7 Å². The van der Waals surface area contributed by atoms with E-state index in [2.05, 4.69) is 49.1 Å². The molecule has 3 heteroatoms. The number of aryl methyl sites for hydroxylation is 1. The summed E-state index contributed by atoms with van der Waals surface area (Å²) in [5, 5.41) is 4.36. The van der Waals surface area contributed by atoms with Crippen molar-refractivity contribution in [2.75, 3.05) is 0 Å². The predicted octanol–water partition coefficient (Wildman–Crippen LogP) is 2.78. The van der Waals surface area contributed by atoms with Gasteiger partial charge in [-0.15, -0.1) is 0 Å². The van der Waals surface area contributed by atoms with Crippen molar-refractivity contribution in [3.05, 3.63) is 36.2 Å². The lowest BCUT2D eigenvalue weighted by Gasteiger charge is -2.21. The first-order valence-corrected chi connectivity index (χ1v) is 5.44. The SMILES string of the molecule is Cn1cnc(-c2ccccc2C(C)(C)C)n1. The number of nitrogens with zero attached hydrogens (tertiary/aromatic N) is 3. The van der Waals surface area contributed by atoms with E-state index >= 15 is 0 Å². The molecule has 0 saturated carbocycles. The Labute approximate surface area is 96.1 Å². The van der Waals surface area contributed by atoms with Crippen LogP contribution in [0, 0.1) is 0 Å². The maximum absolute atomic E-state index is 4.36. The van der Waals surface area contributed by atoms with Crippen molar-refractivity contribution >= 4 is 0 Å². The third kappa shape index (κ3) is 1.98. The highest BCUT2D eigenvalue weighted by atomic mass is 15.3. The average molecular weight is 215 g/mol. The lowest BCUT2D eigenvalue weighted by atomic mass is 9.83. The summed E-state index contributed by atoms with van der Waals surface area (Å²) in [5.41, 5.74) is 2.51. The molecule has 1 aromatic heterocycles. The summed E-state index contributed by atoms with van der Waals surface area (Å²) in [5.74, 6) is 0.799. The van der Waals surface area contributed by atoms with Crippen LogP contribution in [0.4, 0.5) is 0 Å². The summed E-state index contributed by atoms with van der Waals surface area (Å²) < 4.78 is 1.73. The lowest BCUT2D eigenvalue weighted by molar-refractivity contribution is 0.591. The van der Waals surface area contributed by atoms with Gasteiger partial charge in [0.05, 0.1) is 0 Å². The molecule has 0 bridgehead atoms. The molecule has 0 aliphatic rings. The van der Waals surface area contributed by atoms with Gasteiger partial charge in [-0.2, -0.15) is 5.10 Å². The summed E-state index contributed by atoms with van der Waals surface area (Å²) in [6.07, 6.45) is 1.73. The third-order valence-electron chi connectivity index (χ3n) is 2.58. The minimum Gasteiger partial charge on any atom is -0.255 e. The van der Waals surface area contributed by atoms with Gasteiger partial charge in [0.1, 0.15) is 6.33 Å². The van der Waals surface area contributed by atoms with Crippen LogP contribution >= 0.6 is 0 Å². The highest BCUT2D eigenvalue weighted by Gasteiger charge is 2.19. The molecule has 0 fully saturated rings. The van der Waals surface area contributed by atoms with Gasteiger partial charge in [0, 0.05) is 12.6 Å². The van der Waals surface area contributed by atoms with Crippen LogP contribution in [0.1, 0.15) is 26.3 Å². The summed E-state index contributed by atoms with van der Waals surface area (Å²) in [4.78, 5) is 4.31. The minimum atomic E-state index is 0.107. The molecule has 0 radical (unpaired) electrons. The van der Waals surface area contributed by atoms with Gasteiger partial charge in [0.2, 0.25) is 0 Å². The largest absolute Gasteiger partial charge is 0.255 e. The van der Waals surface area contributed by atoms with E-state index in [4.69, 9.17) is 0 Å². The van der Waals surface area contributed by atoms with Crippen molar-refractivity contribution < 1.29 is 0 Å². The van der Waals surface area contributed by atoms with Crippen molar-refractivity contribution in [1.82, 2.24) is 14.8 Å². The fourth-order valence-corrected chi connectivity index (χ4v) is 1.79. The first-order chi connectivity index (χ1) is 7.48. The Bertz CT molecular complexity index is 492. The second kappa shape index (κ2) is 3.74. The Morgan fingerprint density at radius 1 is 1.12 bits per heavy atom. The fourth-order valence-electron chi connectivity index (χ4n) is 1.79. The zero-order chi connectivity index (χ0) is 11.8. The molecular weight excluding hydrogens is 198 g/mol. The van der Waals surface area contributed by atoms with Crippen LogP contribution in [0.3, 0.4) is 0 Å². The minimum absolute atomic E-state index is 0.107. The summed E-state index contributed by atoms with van der Waals surface area (Å²) in [6, 6.07) is 8.32. The maximum Gasteiger partial charge on any atom is 0.181 e. The van der Waals surface area contributed by atoms with E-state index in [-0.39, 0.29) is 5.41 Å². The molecule has 2 aromatic rings. The number of hydrogen-bond acceptors (Lipinski definition) is 2. The highest BCUT2D eigenvalue weighted by molar-refractivity contribution is 5.61. The first kappa shape index (κ1) is 10.9. The van der Waals surface area contributed by atoms with Crippen LogP contribution in [0.15, 0.2) is 30.6 Å². The quantitative estimate of drug-likeness (QED) is 0.732. The number of rotatable bonds is 1. The molecule has 0 aliphatic heterocycles. The average Bonchev–Trinajstić information content (AvgIpc) is 2.64. The number of hydrogen-bond donors (Lipinski definition) is 0. The van der Waals surface area contributed by atoms with Gasteiger partial charge in [0.25, 0.3) is 0 Å². The Kier molecular flexibility index (Phi) is 2.54. The molecule has 1 aromatic carbocycles. The molecule has 3 nitrogen and oxygen atoms in total. The highest BCUT2D eigenvalue weighted by Crippen LogP contribution is 2.30. The monoisotopic (exact) mass is 215 g/mol. The molecule has 0 unspecified atom stereocenters. The van der Waals surface area contributed by atoms with Gasteiger partial charge in [-0.05, 0) is 11.0 Å². The second-order valence-corrected chi connectivity index (χ2v) is 5.04. The van der Waals surface area contributed by atoms with E-state index in [0.29, 0.717) is 0 Å². The van der Waals surface area contributed by atoms with E-state index in [1.54, 1.807) is 11.0 Å². The molecule has 0 saturated heterocycles. The van der Waals surface area contributed by atoms with Crippen molar-refractivity contribution in [1.29, 1.82) is 0 Å². The van der Waals surface area contributed by atoms with Crippen LogP contribution in [0.25, 0.3) is 11.4 Å². The third-order valence-corrected chi connectivity index (χ3v) is 2.58. The van der Waals surface area contributed by atoms with Crippen molar-refractivity contribution in [3.8, 4) is 11.4 Å². The predicted molar refractivity (Wildman–Crippen MR) is 65.1 cm³/mol. The van der Waals surface area contributed by atoms with E-state index < -0.39 is 0 Å². The second-order valence-electron chi connectivity index (χ2n) is 5.04. The van der Waals surface area contributed by atoms with Crippen LogP contribution in [0.2, 0.25) is 0 Å². The van der Waals surface area contributed by atoms with Crippen LogP contribution in [-0.2, 0) is 12.5 Å². The van der Waals surface area contributed by atoms with Gasteiger partial charge in [-0.3, -0.25) is 4.68 Å². The standard InChI is InChI=1S/C13H17N3/c1-13(2,3)11-8-6-5-7-10(11)12-14-9-16(4)15-12/h5-9H,1-4H3. The summed E-state index contributed by atoms with van der Waals surface area (Å²) in [6.45, 7) is 6.61. The fraction of sp³-hybridized carbons (Fsp3) is 0.385.